The monoisotopic (exact) mass is 406 g/mol. The largest absolute Gasteiger partial charge is 0.348 e. The summed E-state index contributed by atoms with van der Waals surface area (Å²) < 4.78 is 27.0. The van der Waals surface area contributed by atoms with Gasteiger partial charge in [0.1, 0.15) is 11.6 Å². The zero-order chi connectivity index (χ0) is 19.2. The lowest BCUT2D eigenvalue weighted by atomic mass is 10.1. The van der Waals surface area contributed by atoms with Crippen molar-refractivity contribution in [2.75, 3.05) is 6.54 Å². The second-order valence-electron chi connectivity index (χ2n) is 6.26. The van der Waals surface area contributed by atoms with Crippen molar-refractivity contribution in [1.82, 2.24) is 10.2 Å². The van der Waals surface area contributed by atoms with Gasteiger partial charge in [0.2, 0.25) is 5.91 Å². The van der Waals surface area contributed by atoms with Crippen molar-refractivity contribution >= 4 is 28.6 Å². The van der Waals surface area contributed by atoms with Crippen LogP contribution in [-0.2, 0) is 17.9 Å². The fraction of sp³-hybridized carbons (Fsp3) is 0.250. The molecule has 1 amide bonds. The summed E-state index contributed by atoms with van der Waals surface area (Å²) in [7, 11) is 0. The first-order chi connectivity index (χ1) is 13.0. The van der Waals surface area contributed by atoms with Gasteiger partial charge in [-0.2, -0.15) is 0 Å². The molecule has 0 fully saturated rings. The van der Waals surface area contributed by atoms with Gasteiger partial charge in [-0.15, -0.1) is 22.7 Å². The fourth-order valence-corrected chi connectivity index (χ4v) is 4.33. The minimum atomic E-state index is -0.656. The average molecular weight is 407 g/mol. The van der Waals surface area contributed by atoms with Gasteiger partial charge >= 0.3 is 0 Å². The molecule has 1 atom stereocenters. The first-order valence-corrected chi connectivity index (χ1v) is 10.3. The molecule has 2 aromatic heterocycles. The first kappa shape index (κ1) is 19.7. The Morgan fingerprint density at radius 1 is 1.07 bits per heavy atom. The molecule has 27 heavy (non-hydrogen) atoms. The molecular weight excluding hydrogens is 386 g/mol. The van der Waals surface area contributed by atoms with Crippen LogP contribution in [-0.4, -0.2) is 17.4 Å². The van der Waals surface area contributed by atoms with Crippen molar-refractivity contribution in [3.8, 4) is 0 Å². The zero-order valence-electron chi connectivity index (χ0n) is 14.8. The number of nitrogens with one attached hydrogen (secondary N) is 1. The normalized spacial score (nSPS) is 12.3. The Hall–Kier alpha value is -2.09. The summed E-state index contributed by atoms with van der Waals surface area (Å²) in [5.41, 5.74) is 0.271. The molecule has 142 valence electrons. The van der Waals surface area contributed by atoms with Crippen molar-refractivity contribution in [3.05, 3.63) is 80.2 Å². The fourth-order valence-electron chi connectivity index (χ4n) is 2.83. The summed E-state index contributed by atoms with van der Waals surface area (Å²) in [6, 6.07) is 10.9. The minimum absolute atomic E-state index is 0.195. The molecule has 0 aliphatic heterocycles. The Morgan fingerprint density at radius 2 is 1.70 bits per heavy atom. The lowest BCUT2D eigenvalue weighted by Crippen LogP contribution is -2.37. The van der Waals surface area contributed by atoms with Crippen LogP contribution in [0.5, 0.6) is 0 Å². The van der Waals surface area contributed by atoms with E-state index in [1.165, 1.54) is 21.9 Å². The van der Waals surface area contributed by atoms with Crippen molar-refractivity contribution in [2.45, 2.75) is 26.1 Å². The molecule has 0 saturated carbocycles. The third-order valence-corrected chi connectivity index (χ3v) is 5.82. The SMILES string of the molecule is CC(NC(=O)CN(Cc1cccs1)Cc1cccs1)c1ccc(F)cc1F. The van der Waals surface area contributed by atoms with Gasteiger partial charge in [0.15, 0.2) is 0 Å². The summed E-state index contributed by atoms with van der Waals surface area (Å²) in [5.74, 6) is -1.48. The maximum absolute atomic E-state index is 13.9. The number of amides is 1. The van der Waals surface area contributed by atoms with Gasteiger partial charge in [-0.25, -0.2) is 8.78 Å². The van der Waals surface area contributed by atoms with Crippen LogP contribution < -0.4 is 5.32 Å². The first-order valence-electron chi connectivity index (χ1n) is 8.52. The van der Waals surface area contributed by atoms with E-state index in [-0.39, 0.29) is 18.0 Å². The van der Waals surface area contributed by atoms with Crippen LogP contribution in [0.15, 0.2) is 53.2 Å². The number of hydrogen-bond donors (Lipinski definition) is 1. The molecule has 0 bridgehead atoms. The zero-order valence-corrected chi connectivity index (χ0v) is 16.5. The summed E-state index contributed by atoms with van der Waals surface area (Å²) >= 11 is 3.30. The molecule has 0 spiro atoms. The van der Waals surface area contributed by atoms with Crippen LogP contribution in [0, 0.1) is 11.6 Å². The van der Waals surface area contributed by atoms with E-state index in [9.17, 15) is 13.6 Å². The Bertz CT molecular complexity index is 830. The van der Waals surface area contributed by atoms with E-state index in [1.54, 1.807) is 29.6 Å². The topological polar surface area (TPSA) is 32.3 Å². The Labute approximate surface area is 165 Å². The van der Waals surface area contributed by atoms with Gasteiger partial charge in [-0.1, -0.05) is 18.2 Å². The highest BCUT2D eigenvalue weighted by atomic mass is 32.1. The van der Waals surface area contributed by atoms with Gasteiger partial charge in [-0.05, 0) is 35.9 Å². The van der Waals surface area contributed by atoms with Gasteiger partial charge in [-0.3, -0.25) is 9.69 Å². The summed E-state index contributed by atoms with van der Waals surface area (Å²) in [4.78, 5) is 16.9. The van der Waals surface area contributed by atoms with Crippen LogP contribution >= 0.6 is 22.7 Å². The molecule has 3 rings (SSSR count). The van der Waals surface area contributed by atoms with Crippen LogP contribution in [0.3, 0.4) is 0 Å². The van der Waals surface area contributed by atoms with Gasteiger partial charge in [0.05, 0.1) is 12.6 Å². The van der Waals surface area contributed by atoms with E-state index in [0.717, 1.165) is 6.07 Å². The average Bonchev–Trinajstić information content (AvgIpc) is 3.28. The van der Waals surface area contributed by atoms with E-state index < -0.39 is 17.7 Å². The second-order valence-corrected chi connectivity index (χ2v) is 8.32. The number of rotatable bonds is 8. The number of hydrogen-bond acceptors (Lipinski definition) is 4. The summed E-state index contributed by atoms with van der Waals surface area (Å²) in [6.45, 7) is 3.23. The Morgan fingerprint density at radius 3 is 2.22 bits per heavy atom. The molecule has 0 aliphatic rings. The molecule has 0 radical (unpaired) electrons. The lowest BCUT2D eigenvalue weighted by molar-refractivity contribution is -0.123. The van der Waals surface area contributed by atoms with Gasteiger partial charge < -0.3 is 5.32 Å². The van der Waals surface area contributed by atoms with Gasteiger partial charge in [0.25, 0.3) is 0 Å². The number of carbonyl (C=O) groups is 1. The molecule has 3 nitrogen and oxygen atoms in total. The standard InChI is InChI=1S/C20H20F2N2OS2/c1-14(18-7-6-15(21)10-19(18)22)23-20(25)13-24(11-16-4-2-8-26-16)12-17-5-3-9-27-17/h2-10,14H,11-13H2,1H3,(H,23,25). The summed E-state index contributed by atoms with van der Waals surface area (Å²) in [5, 5.41) is 6.83. The number of halogens is 2. The molecule has 0 aliphatic carbocycles. The van der Waals surface area contributed by atoms with Crippen molar-refractivity contribution in [1.29, 1.82) is 0 Å². The van der Waals surface area contributed by atoms with Crippen LogP contribution in [0.2, 0.25) is 0 Å². The van der Waals surface area contributed by atoms with Crippen LogP contribution in [0.25, 0.3) is 0 Å². The third kappa shape index (κ3) is 5.69. The predicted molar refractivity (Wildman–Crippen MR) is 106 cm³/mol. The highest BCUT2D eigenvalue weighted by molar-refractivity contribution is 7.10. The molecule has 1 unspecified atom stereocenters. The highest BCUT2D eigenvalue weighted by Gasteiger charge is 2.17. The second kappa shape index (κ2) is 9.21. The maximum atomic E-state index is 13.9. The Kier molecular flexibility index (Phi) is 6.71. The minimum Gasteiger partial charge on any atom is -0.348 e. The van der Waals surface area contributed by atoms with Crippen molar-refractivity contribution in [2.24, 2.45) is 0 Å². The number of thiophene rings is 2. The smallest absolute Gasteiger partial charge is 0.234 e. The van der Waals surface area contributed by atoms with Crippen LogP contribution in [0.1, 0.15) is 28.3 Å². The van der Waals surface area contributed by atoms with Crippen molar-refractivity contribution < 1.29 is 13.6 Å². The molecule has 1 N–H and O–H groups in total. The Balaban J connectivity index is 1.64. The van der Waals surface area contributed by atoms with E-state index >= 15 is 0 Å². The number of benzene rings is 1. The third-order valence-electron chi connectivity index (χ3n) is 4.09. The lowest BCUT2D eigenvalue weighted by Gasteiger charge is -2.22. The van der Waals surface area contributed by atoms with E-state index in [1.807, 2.05) is 35.0 Å². The molecule has 1 aromatic carbocycles. The molecule has 0 saturated heterocycles. The van der Waals surface area contributed by atoms with Crippen LogP contribution in [0.4, 0.5) is 8.78 Å². The van der Waals surface area contributed by atoms with E-state index in [2.05, 4.69) is 10.2 Å². The molecule has 7 heteroatoms. The number of nitrogens with zero attached hydrogens (tertiary/aromatic N) is 1. The van der Waals surface area contributed by atoms with E-state index in [4.69, 9.17) is 0 Å². The van der Waals surface area contributed by atoms with Gasteiger partial charge in [0, 0.05) is 34.5 Å². The molecular formula is C20H20F2N2OS2. The predicted octanol–water partition coefficient (Wildman–Crippen LogP) is 4.97. The molecule has 2 heterocycles. The summed E-state index contributed by atoms with van der Waals surface area (Å²) in [6.07, 6.45) is 0. The quantitative estimate of drug-likeness (QED) is 0.573. The maximum Gasteiger partial charge on any atom is 0.234 e. The number of carbonyl (C=O) groups excluding carboxylic acids is 1. The highest BCUT2D eigenvalue weighted by Crippen LogP contribution is 2.19. The molecule has 3 aromatic rings. The van der Waals surface area contributed by atoms with E-state index in [0.29, 0.717) is 13.1 Å². The van der Waals surface area contributed by atoms with Crippen molar-refractivity contribution in [3.63, 3.8) is 0 Å².